The molecular weight excluding hydrogens is 136 g/mol. The fourth-order valence-electron chi connectivity index (χ4n) is 1.25. The maximum atomic E-state index is 4.41. The monoisotopic (exact) mass is 154 g/mol. The van der Waals surface area contributed by atoms with Gasteiger partial charge in [0.15, 0.2) is 0 Å². The Morgan fingerprint density at radius 3 is 3.00 bits per heavy atom. The van der Waals surface area contributed by atoms with Crippen molar-refractivity contribution in [2.24, 2.45) is 4.99 Å². The topological polar surface area (TPSA) is 24.4 Å². The lowest BCUT2D eigenvalue weighted by molar-refractivity contribution is 0.687. The molecule has 0 saturated carbocycles. The molecule has 2 nitrogen and oxygen atoms in total. The maximum Gasteiger partial charge on any atom is 0.0963 e. The molecule has 0 fully saturated rings. The summed E-state index contributed by atoms with van der Waals surface area (Å²) < 4.78 is 0. The molecule has 0 aromatic heterocycles. The largest absolute Gasteiger partial charge is 0.374 e. The third-order valence-corrected chi connectivity index (χ3v) is 1.98. The molecule has 1 rings (SSSR count). The Bertz CT molecular complexity index is 130. The van der Waals surface area contributed by atoms with Crippen LogP contribution in [0.5, 0.6) is 0 Å². The Labute approximate surface area is 69.1 Å². The first kappa shape index (κ1) is 8.57. The molecule has 0 saturated heterocycles. The molecule has 0 atom stereocenters. The molecule has 0 aromatic rings. The first-order valence-electron chi connectivity index (χ1n) is 4.70. The highest BCUT2D eigenvalue weighted by molar-refractivity contribution is 5.82. The number of rotatable bonds is 3. The van der Waals surface area contributed by atoms with Gasteiger partial charge in [-0.3, -0.25) is 4.99 Å². The quantitative estimate of drug-likeness (QED) is 0.617. The number of hydrogen-bond acceptors (Lipinski definition) is 2. The number of nitrogens with zero attached hydrogens (tertiary/aromatic N) is 1. The van der Waals surface area contributed by atoms with E-state index in [1.807, 2.05) is 0 Å². The molecule has 64 valence electrons. The molecular formula is C9H18N2. The van der Waals surface area contributed by atoms with E-state index in [4.69, 9.17) is 0 Å². The van der Waals surface area contributed by atoms with Crippen molar-refractivity contribution in [1.29, 1.82) is 0 Å². The smallest absolute Gasteiger partial charge is 0.0963 e. The minimum Gasteiger partial charge on any atom is -0.374 e. The van der Waals surface area contributed by atoms with E-state index in [9.17, 15) is 0 Å². The number of aliphatic imine (C=N–C) groups is 1. The second kappa shape index (κ2) is 5.16. The van der Waals surface area contributed by atoms with Gasteiger partial charge in [0.25, 0.3) is 0 Å². The van der Waals surface area contributed by atoms with E-state index in [0.29, 0.717) is 0 Å². The lowest BCUT2D eigenvalue weighted by atomic mass is 10.2. The Kier molecular flexibility index (Phi) is 4.02. The summed E-state index contributed by atoms with van der Waals surface area (Å²) >= 11 is 0. The Hall–Kier alpha value is -0.530. The summed E-state index contributed by atoms with van der Waals surface area (Å²) in [6.45, 7) is 4.36. The van der Waals surface area contributed by atoms with Crippen LogP contribution in [0.3, 0.4) is 0 Å². The predicted octanol–water partition coefficient (Wildman–Crippen LogP) is 1.96. The molecule has 1 N–H and O–H groups in total. The predicted molar refractivity (Wildman–Crippen MR) is 49.1 cm³/mol. The zero-order chi connectivity index (χ0) is 7.94. The Morgan fingerprint density at radius 1 is 1.45 bits per heavy atom. The normalized spacial score (nSPS) is 17.7. The summed E-state index contributed by atoms with van der Waals surface area (Å²) in [5.74, 6) is 1.24. The van der Waals surface area contributed by atoms with Crippen LogP contribution in [-0.2, 0) is 0 Å². The molecule has 0 aromatic carbocycles. The molecule has 11 heavy (non-hydrogen) atoms. The lowest BCUT2D eigenvalue weighted by Crippen LogP contribution is -2.26. The molecule has 1 aliphatic heterocycles. The highest BCUT2D eigenvalue weighted by Gasteiger charge is 2.02. The van der Waals surface area contributed by atoms with Crippen LogP contribution in [0.25, 0.3) is 0 Å². The summed E-state index contributed by atoms with van der Waals surface area (Å²) in [4.78, 5) is 4.41. The van der Waals surface area contributed by atoms with Crippen molar-refractivity contribution < 1.29 is 0 Å². The first-order chi connectivity index (χ1) is 5.43. The molecule has 0 radical (unpaired) electrons. The summed E-state index contributed by atoms with van der Waals surface area (Å²) in [6.07, 6.45) is 6.29. The number of nitrogens with one attached hydrogen (secondary N) is 1. The standard InChI is InChI=1S/C9H18N2/c1-2-3-7-10-9-6-4-5-8-11-9/h2-8H2,1H3,(H,10,11). The summed E-state index contributed by atoms with van der Waals surface area (Å²) in [5.41, 5.74) is 0. The van der Waals surface area contributed by atoms with Gasteiger partial charge in [-0.05, 0) is 19.3 Å². The van der Waals surface area contributed by atoms with Crippen molar-refractivity contribution >= 4 is 5.84 Å². The van der Waals surface area contributed by atoms with Crippen molar-refractivity contribution in [2.45, 2.75) is 39.0 Å². The van der Waals surface area contributed by atoms with Crippen molar-refractivity contribution in [3.63, 3.8) is 0 Å². The van der Waals surface area contributed by atoms with Gasteiger partial charge in [0.05, 0.1) is 5.84 Å². The van der Waals surface area contributed by atoms with E-state index in [1.165, 1.54) is 37.9 Å². The van der Waals surface area contributed by atoms with E-state index >= 15 is 0 Å². The highest BCUT2D eigenvalue weighted by Crippen LogP contribution is 2.03. The zero-order valence-electron chi connectivity index (χ0n) is 7.40. The van der Waals surface area contributed by atoms with Gasteiger partial charge >= 0.3 is 0 Å². The van der Waals surface area contributed by atoms with Gasteiger partial charge in [0, 0.05) is 19.5 Å². The highest BCUT2D eigenvalue weighted by atomic mass is 15.0. The van der Waals surface area contributed by atoms with Gasteiger partial charge in [-0.15, -0.1) is 0 Å². The van der Waals surface area contributed by atoms with E-state index in [-0.39, 0.29) is 0 Å². The van der Waals surface area contributed by atoms with Crippen LogP contribution < -0.4 is 5.32 Å². The third-order valence-electron chi connectivity index (χ3n) is 1.98. The molecule has 2 heteroatoms. The van der Waals surface area contributed by atoms with E-state index in [0.717, 1.165) is 13.1 Å². The zero-order valence-corrected chi connectivity index (χ0v) is 7.40. The van der Waals surface area contributed by atoms with E-state index in [1.54, 1.807) is 0 Å². The average Bonchev–Trinajstić information content (AvgIpc) is 2.07. The van der Waals surface area contributed by atoms with Crippen molar-refractivity contribution in [1.82, 2.24) is 5.32 Å². The van der Waals surface area contributed by atoms with Crippen molar-refractivity contribution in [3.05, 3.63) is 0 Å². The van der Waals surface area contributed by atoms with Crippen molar-refractivity contribution in [2.75, 3.05) is 13.1 Å². The number of unbranched alkanes of at least 4 members (excludes halogenated alkanes) is 1. The van der Waals surface area contributed by atoms with Gasteiger partial charge in [0.2, 0.25) is 0 Å². The molecule has 0 bridgehead atoms. The number of amidine groups is 1. The first-order valence-corrected chi connectivity index (χ1v) is 4.70. The Morgan fingerprint density at radius 2 is 2.36 bits per heavy atom. The third kappa shape index (κ3) is 3.40. The summed E-state index contributed by atoms with van der Waals surface area (Å²) in [6, 6.07) is 0. The fourth-order valence-corrected chi connectivity index (χ4v) is 1.25. The fraction of sp³-hybridized carbons (Fsp3) is 0.889. The SMILES string of the molecule is CCCCNC1=NCCCC1. The number of hydrogen-bond donors (Lipinski definition) is 1. The Balaban J connectivity index is 2.09. The molecule has 1 aliphatic rings. The van der Waals surface area contributed by atoms with Crippen LogP contribution in [0, 0.1) is 0 Å². The summed E-state index contributed by atoms with van der Waals surface area (Å²) in [7, 11) is 0. The van der Waals surface area contributed by atoms with Gasteiger partial charge in [0.1, 0.15) is 0 Å². The van der Waals surface area contributed by atoms with Crippen LogP contribution in [0.4, 0.5) is 0 Å². The summed E-state index contributed by atoms with van der Waals surface area (Å²) in [5, 5.41) is 3.37. The minimum atomic E-state index is 1.04. The van der Waals surface area contributed by atoms with Crippen LogP contribution in [0.15, 0.2) is 4.99 Å². The molecule has 0 amide bonds. The van der Waals surface area contributed by atoms with Gasteiger partial charge in [-0.1, -0.05) is 13.3 Å². The van der Waals surface area contributed by atoms with E-state index in [2.05, 4.69) is 17.2 Å². The van der Waals surface area contributed by atoms with Gasteiger partial charge < -0.3 is 5.32 Å². The van der Waals surface area contributed by atoms with Crippen LogP contribution >= 0.6 is 0 Å². The maximum absolute atomic E-state index is 4.41. The van der Waals surface area contributed by atoms with Crippen LogP contribution in [-0.4, -0.2) is 18.9 Å². The molecule has 0 spiro atoms. The van der Waals surface area contributed by atoms with Gasteiger partial charge in [-0.25, -0.2) is 0 Å². The molecule has 0 aliphatic carbocycles. The van der Waals surface area contributed by atoms with Crippen LogP contribution in [0.2, 0.25) is 0 Å². The lowest BCUT2D eigenvalue weighted by Gasteiger charge is -2.13. The average molecular weight is 154 g/mol. The van der Waals surface area contributed by atoms with Crippen LogP contribution in [0.1, 0.15) is 39.0 Å². The second-order valence-electron chi connectivity index (χ2n) is 3.07. The molecule has 0 unspecified atom stereocenters. The van der Waals surface area contributed by atoms with Gasteiger partial charge in [-0.2, -0.15) is 0 Å². The molecule has 1 heterocycles. The van der Waals surface area contributed by atoms with E-state index < -0.39 is 0 Å². The second-order valence-corrected chi connectivity index (χ2v) is 3.07. The van der Waals surface area contributed by atoms with Crippen molar-refractivity contribution in [3.8, 4) is 0 Å². The minimum absolute atomic E-state index is 1.04.